The van der Waals surface area contributed by atoms with Crippen LogP contribution in [0.3, 0.4) is 0 Å². The second-order valence-corrected chi connectivity index (χ2v) is 3.68. The molecule has 2 aromatic rings. The summed E-state index contributed by atoms with van der Waals surface area (Å²) >= 11 is 0. The SMILES string of the molecule is N[C@H](Cc1ccc2cccnc2c1)C(=O)O. The molecule has 1 aromatic carbocycles. The van der Waals surface area contributed by atoms with Gasteiger partial charge in [0.15, 0.2) is 0 Å². The smallest absolute Gasteiger partial charge is 0.320 e. The van der Waals surface area contributed by atoms with E-state index in [1.165, 1.54) is 0 Å². The van der Waals surface area contributed by atoms with Crippen molar-refractivity contribution < 1.29 is 9.90 Å². The van der Waals surface area contributed by atoms with Gasteiger partial charge in [0.1, 0.15) is 6.04 Å². The van der Waals surface area contributed by atoms with Gasteiger partial charge in [0, 0.05) is 11.6 Å². The summed E-state index contributed by atoms with van der Waals surface area (Å²) in [5, 5.41) is 9.75. The van der Waals surface area contributed by atoms with Gasteiger partial charge in [0.2, 0.25) is 0 Å². The minimum atomic E-state index is -0.985. The summed E-state index contributed by atoms with van der Waals surface area (Å²) in [7, 11) is 0. The number of hydrogen-bond donors (Lipinski definition) is 2. The maximum atomic E-state index is 10.6. The molecular weight excluding hydrogens is 204 g/mol. The Balaban J connectivity index is 2.29. The summed E-state index contributed by atoms with van der Waals surface area (Å²) in [5.74, 6) is -0.985. The summed E-state index contributed by atoms with van der Waals surface area (Å²) in [6, 6.07) is 8.65. The predicted molar refractivity (Wildman–Crippen MR) is 61.1 cm³/mol. The Morgan fingerprint density at radius 2 is 2.25 bits per heavy atom. The van der Waals surface area contributed by atoms with Gasteiger partial charge in [-0.1, -0.05) is 18.2 Å². The zero-order valence-electron chi connectivity index (χ0n) is 8.63. The first-order chi connectivity index (χ1) is 7.66. The quantitative estimate of drug-likeness (QED) is 0.808. The first-order valence-corrected chi connectivity index (χ1v) is 4.99. The molecule has 1 heterocycles. The number of aliphatic carboxylic acids is 1. The van der Waals surface area contributed by atoms with Gasteiger partial charge >= 0.3 is 5.97 Å². The van der Waals surface area contributed by atoms with Gasteiger partial charge in [-0.25, -0.2) is 0 Å². The van der Waals surface area contributed by atoms with Crippen LogP contribution in [-0.2, 0) is 11.2 Å². The number of carboxylic acid groups (broad SMARTS) is 1. The number of nitrogens with two attached hydrogens (primary N) is 1. The monoisotopic (exact) mass is 216 g/mol. The van der Waals surface area contributed by atoms with Crippen molar-refractivity contribution in [2.75, 3.05) is 0 Å². The Bertz CT molecular complexity index is 525. The maximum absolute atomic E-state index is 10.6. The third kappa shape index (κ3) is 2.17. The Morgan fingerprint density at radius 1 is 1.44 bits per heavy atom. The maximum Gasteiger partial charge on any atom is 0.320 e. The average Bonchev–Trinajstić information content (AvgIpc) is 2.28. The second kappa shape index (κ2) is 4.28. The van der Waals surface area contributed by atoms with Gasteiger partial charge in [-0.15, -0.1) is 0 Å². The Kier molecular flexibility index (Phi) is 2.83. The van der Waals surface area contributed by atoms with E-state index in [-0.39, 0.29) is 0 Å². The summed E-state index contributed by atoms with van der Waals surface area (Å²) in [5.41, 5.74) is 7.22. The number of nitrogens with zero attached hydrogens (tertiary/aromatic N) is 1. The number of aromatic nitrogens is 1. The highest BCUT2D eigenvalue weighted by molar-refractivity contribution is 5.79. The third-order valence-corrected chi connectivity index (χ3v) is 2.44. The molecule has 0 unspecified atom stereocenters. The van der Waals surface area contributed by atoms with Crippen LogP contribution >= 0.6 is 0 Å². The van der Waals surface area contributed by atoms with Crippen LogP contribution in [0.4, 0.5) is 0 Å². The van der Waals surface area contributed by atoms with Gasteiger partial charge in [-0.2, -0.15) is 0 Å². The highest BCUT2D eigenvalue weighted by Crippen LogP contribution is 2.14. The molecule has 2 rings (SSSR count). The molecule has 0 saturated heterocycles. The van der Waals surface area contributed by atoms with Crippen molar-refractivity contribution in [1.82, 2.24) is 4.98 Å². The van der Waals surface area contributed by atoms with Crippen LogP contribution in [0.15, 0.2) is 36.5 Å². The van der Waals surface area contributed by atoms with Crippen molar-refractivity contribution in [3.63, 3.8) is 0 Å². The molecule has 3 N–H and O–H groups in total. The van der Waals surface area contributed by atoms with Crippen molar-refractivity contribution in [1.29, 1.82) is 0 Å². The van der Waals surface area contributed by atoms with Crippen molar-refractivity contribution in [2.45, 2.75) is 12.5 Å². The van der Waals surface area contributed by atoms with E-state index in [4.69, 9.17) is 10.8 Å². The first-order valence-electron chi connectivity index (χ1n) is 4.99. The molecule has 1 atom stereocenters. The van der Waals surface area contributed by atoms with Gasteiger partial charge in [-0.3, -0.25) is 9.78 Å². The van der Waals surface area contributed by atoms with E-state index < -0.39 is 12.0 Å². The van der Waals surface area contributed by atoms with E-state index in [1.54, 1.807) is 6.20 Å². The van der Waals surface area contributed by atoms with Crippen LogP contribution < -0.4 is 5.73 Å². The van der Waals surface area contributed by atoms with E-state index in [9.17, 15) is 4.79 Å². The van der Waals surface area contributed by atoms with Crippen LogP contribution in [0.2, 0.25) is 0 Å². The molecule has 0 fully saturated rings. The Hall–Kier alpha value is -1.94. The van der Waals surface area contributed by atoms with Crippen molar-refractivity contribution in [3.8, 4) is 0 Å². The fourth-order valence-electron chi connectivity index (χ4n) is 1.58. The fraction of sp³-hybridized carbons (Fsp3) is 0.167. The summed E-state index contributed by atoms with van der Waals surface area (Å²) in [6.07, 6.45) is 2.03. The number of hydrogen-bond acceptors (Lipinski definition) is 3. The molecular formula is C12H12N2O2. The highest BCUT2D eigenvalue weighted by atomic mass is 16.4. The van der Waals surface area contributed by atoms with Crippen molar-refractivity contribution in [2.24, 2.45) is 5.73 Å². The molecule has 16 heavy (non-hydrogen) atoms. The lowest BCUT2D eigenvalue weighted by atomic mass is 10.0. The number of carboxylic acids is 1. The highest BCUT2D eigenvalue weighted by Gasteiger charge is 2.12. The normalized spacial score (nSPS) is 12.6. The molecule has 82 valence electrons. The van der Waals surface area contributed by atoms with Gasteiger partial charge in [-0.05, 0) is 24.1 Å². The van der Waals surface area contributed by atoms with Gasteiger partial charge in [0.05, 0.1) is 5.52 Å². The molecule has 1 aromatic heterocycles. The van der Waals surface area contributed by atoms with Crippen LogP contribution in [0.5, 0.6) is 0 Å². The third-order valence-electron chi connectivity index (χ3n) is 2.44. The van der Waals surface area contributed by atoms with E-state index in [0.717, 1.165) is 16.5 Å². The number of carbonyl (C=O) groups is 1. The predicted octanol–water partition coefficient (Wildman–Crippen LogP) is 1.19. The Labute approximate surface area is 92.7 Å². The topological polar surface area (TPSA) is 76.2 Å². The summed E-state index contributed by atoms with van der Waals surface area (Å²) < 4.78 is 0. The van der Waals surface area contributed by atoms with E-state index in [1.807, 2.05) is 30.3 Å². The van der Waals surface area contributed by atoms with E-state index in [2.05, 4.69) is 4.98 Å². The van der Waals surface area contributed by atoms with Crippen LogP contribution in [0.25, 0.3) is 10.9 Å². The van der Waals surface area contributed by atoms with Crippen LogP contribution in [0, 0.1) is 0 Å². The molecule has 0 amide bonds. The van der Waals surface area contributed by atoms with Crippen molar-refractivity contribution in [3.05, 3.63) is 42.1 Å². The molecule has 0 aliphatic rings. The molecule has 4 nitrogen and oxygen atoms in total. The number of benzene rings is 1. The molecule has 0 spiro atoms. The minimum absolute atomic E-state index is 0.321. The minimum Gasteiger partial charge on any atom is -0.480 e. The molecule has 4 heteroatoms. The molecule has 0 aliphatic heterocycles. The van der Waals surface area contributed by atoms with Crippen LogP contribution in [-0.4, -0.2) is 22.1 Å². The lowest BCUT2D eigenvalue weighted by Crippen LogP contribution is -2.32. The van der Waals surface area contributed by atoms with Crippen LogP contribution in [0.1, 0.15) is 5.56 Å². The van der Waals surface area contributed by atoms with Crippen molar-refractivity contribution >= 4 is 16.9 Å². The standard InChI is InChI=1S/C12H12N2O2/c13-10(12(15)16)6-8-3-4-9-2-1-5-14-11(9)7-8/h1-5,7,10H,6,13H2,(H,15,16)/t10-/m1/s1. The average molecular weight is 216 g/mol. The largest absolute Gasteiger partial charge is 0.480 e. The zero-order chi connectivity index (χ0) is 11.5. The van der Waals surface area contributed by atoms with Gasteiger partial charge < -0.3 is 10.8 Å². The summed E-state index contributed by atoms with van der Waals surface area (Å²) in [6.45, 7) is 0. The molecule has 0 aliphatic carbocycles. The molecule has 0 bridgehead atoms. The summed E-state index contributed by atoms with van der Waals surface area (Å²) in [4.78, 5) is 14.8. The zero-order valence-corrected chi connectivity index (χ0v) is 8.63. The lowest BCUT2D eigenvalue weighted by Gasteiger charge is -2.06. The number of pyridine rings is 1. The first kappa shape index (κ1) is 10.6. The number of fused-ring (bicyclic) bond motifs is 1. The lowest BCUT2D eigenvalue weighted by molar-refractivity contribution is -0.138. The number of rotatable bonds is 3. The van der Waals surface area contributed by atoms with E-state index >= 15 is 0 Å². The fourth-order valence-corrected chi connectivity index (χ4v) is 1.58. The van der Waals surface area contributed by atoms with E-state index in [0.29, 0.717) is 6.42 Å². The second-order valence-electron chi connectivity index (χ2n) is 3.68. The van der Waals surface area contributed by atoms with Gasteiger partial charge in [0.25, 0.3) is 0 Å². The molecule has 0 radical (unpaired) electrons. The molecule has 0 saturated carbocycles. The Morgan fingerprint density at radius 3 is 3.00 bits per heavy atom.